The highest BCUT2D eigenvalue weighted by Gasteiger charge is 2.18. The number of carbonyl (C=O) groups excluding carboxylic acids is 1. The number of aromatic nitrogens is 2. The molecule has 2 aromatic carbocycles. The van der Waals surface area contributed by atoms with Crippen molar-refractivity contribution in [2.75, 3.05) is 18.9 Å². The normalized spacial score (nSPS) is 14.2. The van der Waals surface area contributed by atoms with Crippen molar-refractivity contribution < 1.29 is 4.79 Å². The average molecular weight is 428 g/mol. The molecule has 32 heavy (non-hydrogen) atoms. The van der Waals surface area contributed by atoms with Crippen LogP contribution in [0.1, 0.15) is 35.7 Å². The number of nitrogens with one attached hydrogen (secondary N) is 2. The number of carbonyl (C=O) groups is 1. The minimum Gasteiger partial charge on any atom is -0.366 e. The summed E-state index contributed by atoms with van der Waals surface area (Å²) in [5, 5.41) is 7.60. The lowest BCUT2D eigenvalue weighted by atomic mass is 9.97. The van der Waals surface area contributed by atoms with E-state index in [0.717, 1.165) is 42.3 Å². The minimum absolute atomic E-state index is 0.0409. The van der Waals surface area contributed by atoms with Gasteiger partial charge in [-0.3, -0.25) is 4.79 Å². The Kier molecular flexibility index (Phi) is 6.61. The van der Waals surface area contributed by atoms with Crippen molar-refractivity contribution in [1.29, 1.82) is 0 Å². The van der Waals surface area contributed by atoms with E-state index in [4.69, 9.17) is 5.73 Å². The SMILES string of the molecule is CCc1ccc(-c2cc(C(N)=O)c3ncnc(NC(CNC)C4=CCCC=C4)c3c2)cc1. The molecule has 1 heterocycles. The second-order valence-electron chi connectivity index (χ2n) is 8.00. The van der Waals surface area contributed by atoms with Gasteiger partial charge in [0, 0.05) is 11.9 Å². The van der Waals surface area contributed by atoms with E-state index in [1.165, 1.54) is 17.5 Å². The summed E-state index contributed by atoms with van der Waals surface area (Å²) in [7, 11) is 1.93. The number of nitrogens with two attached hydrogens (primary N) is 1. The van der Waals surface area contributed by atoms with E-state index in [9.17, 15) is 4.79 Å². The van der Waals surface area contributed by atoms with Crippen molar-refractivity contribution in [2.24, 2.45) is 5.73 Å². The second kappa shape index (κ2) is 9.75. The molecule has 6 nitrogen and oxygen atoms in total. The summed E-state index contributed by atoms with van der Waals surface area (Å²) < 4.78 is 0. The Morgan fingerprint density at radius 2 is 1.94 bits per heavy atom. The number of aryl methyl sites for hydroxylation is 1. The van der Waals surface area contributed by atoms with E-state index in [1.54, 1.807) is 0 Å². The Hall–Kier alpha value is -3.51. The van der Waals surface area contributed by atoms with E-state index < -0.39 is 5.91 Å². The van der Waals surface area contributed by atoms with Gasteiger partial charge in [0.2, 0.25) is 0 Å². The lowest BCUT2D eigenvalue weighted by molar-refractivity contribution is 0.100. The molecular weight excluding hydrogens is 398 g/mol. The van der Waals surface area contributed by atoms with Gasteiger partial charge in [0.15, 0.2) is 0 Å². The Morgan fingerprint density at radius 3 is 2.59 bits per heavy atom. The number of benzene rings is 2. The third kappa shape index (κ3) is 4.55. The zero-order chi connectivity index (χ0) is 22.5. The maximum absolute atomic E-state index is 12.3. The molecule has 1 amide bonds. The van der Waals surface area contributed by atoms with Crippen LogP contribution >= 0.6 is 0 Å². The molecule has 0 radical (unpaired) electrons. The highest BCUT2D eigenvalue weighted by molar-refractivity contribution is 6.08. The molecule has 0 spiro atoms. The molecule has 1 unspecified atom stereocenters. The molecule has 6 heteroatoms. The van der Waals surface area contributed by atoms with Crippen molar-refractivity contribution in [1.82, 2.24) is 15.3 Å². The first-order chi connectivity index (χ1) is 15.6. The lowest BCUT2D eigenvalue weighted by Gasteiger charge is -2.23. The van der Waals surface area contributed by atoms with Crippen molar-refractivity contribution >= 4 is 22.6 Å². The number of likely N-dealkylation sites (N-methyl/N-ethyl adjacent to an activating group) is 1. The number of primary amides is 1. The number of rotatable bonds is 8. The van der Waals surface area contributed by atoms with Gasteiger partial charge in [0.05, 0.1) is 17.1 Å². The van der Waals surface area contributed by atoms with E-state index in [1.807, 2.05) is 19.2 Å². The topological polar surface area (TPSA) is 92.9 Å². The van der Waals surface area contributed by atoms with E-state index in [2.05, 4.69) is 70.0 Å². The first-order valence-electron chi connectivity index (χ1n) is 11.1. The minimum atomic E-state index is -0.503. The van der Waals surface area contributed by atoms with Crippen LogP contribution in [-0.2, 0) is 6.42 Å². The Bertz CT molecular complexity index is 1180. The molecule has 0 bridgehead atoms. The van der Waals surface area contributed by atoms with Gasteiger partial charge < -0.3 is 16.4 Å². The molecule has 1 aliphatic rings. The molecule has 0 aliphatic heterocycles. The lowest BCUT2D eigenvalue weighted by Crippen LogP contribution is -2.33. The number of allylic oxidation sites excluding steroid dienone is 2. The van der Waals surface area contributed by atoms with Gasteiger partial charge in [0.1, 0.15) is 12.1 Å². The number of hydrogen-bond acceptors (Lipinski definition) is 5. The van der Waals surface area contributed by atoms with Gasteiger partial charge in [-0.1, -0.05) is 49.4 Å². The molecule has 4 rings (SSSR count). The van der Waals surface area contributed by atoms with Gasteiger partial charge in [-0.05, 0) is 60.7 Å². The van der Waals surface area contributed by atoms with Crippen LogP contribution in [0.5, 0.6) is 0 Å². The van der Waals surface area contributed by atoms with Gasteiger partial charge in [-0.25, -0.2) is 9.97 Å². The monoisotopic (exact) mass is 427 g/mol. The van der Waals surface area contributed by atoms with Crippen LogP contribution in [0.15, 0.2) is 66.5 Å². The van der Waals surface area contributed by atoms with Gasteiger partial charge in [0.25, 0.3) is 5.91 Å². The van der Waals surface area contributed by atoms with Crippen molar-refractivity contribution in [2.45, 2.75) is 32.2 Å². The highest BCUT2D eigenvalue weighted by Crippen LogP contribution is 2.31. The molecular formula is C26H29N5O. The fourth-order valence-corrected chi connectivity index (χ4v) is 4.08. The molecule has 1 aliphatic carbocycles. The molecule has 0 fully saturated rings. The van der Waals surface area contributed by atoms with Gasteiger partial charge in [-0.2, -0.15) is 0 Å². The molecule has 4 N–H and O–H groups in total. The number of hydrogen-bond donors (Lipinski definition) is 3. The summed E-state index contributed by atoms with van der Waals surface area (Å²) >= 11 is 0. The molecule has 0 saturated heterocycles. The number of anilines is 1. The smallest absolute Gasteiger partial charge is 0.250 e. The van der Waals surface area contributed by atoms with E-state index in [-0.39, 0.29) is 6.04 Å². The Balaban J connectivity index is 1.82. The number of amides is 1. The fraction of sp³-hybridized carbons (Fsp3) is 0.269. The second-order valence-corrected chi connectivity index (χ2v) is 8.00. The largest absolute Gasteiger partial charge is 0.366 e. The van der Waals surface area contributed by atoms with Crippen molar-refractivity contribution in [3.63, 3.8) is 0 Å². The summed E-state index contributed by atoms with van der Waals surface area (Å²) in [6, 6.07) is 12.3. The molecule has 3 aromatic rings. The zero-order valence-electron chi connectivity index (χ0n) is 18.6. The zero-order valence-corrected chi connectivity index (χ0v) is 18.6. The summed E-state index contributed by atoms with van der Waals surface area (Å²) in [6.07, 6.45) is 11.2. The standard InChI is InChI=1S/C26H29N5O/c1-3-17-9-11-18(12-10-17)20-13-21(25(27)32)24-22(14-20)26(30-16-29-24)31-23(15-28-2)19-7-5-4-6-8-19/h5,7-14,16,23,28H,3-4,6,15H2,1-2H3,(H2,27,32)(H,29,30,31). The van der Waals surface area contributed by atoms with Gasteiger partial charge in [-0.15, -0.1) is 0 Å². The molecule has 1 aromatic heterocycles. The quantitative estimate of drug-likeness (QED) is 0.500. The summed E-state index contributed by atoms with van der Waals surface area (Å²) in [5.41, 5.74) is 11.1. The predicted molar refractivity (Wildman–Crippen MR) is 131 cm³/mol. The summed E-state index contributed by atoms with van der Waals surface area (Å²) in [5.74, 6) is 0.182. The molecule has 164 valence electrons. The van der Waals surface area contributed by atoms with Crippen molar-refractivity contribution in [3.05, 3.63) is 77.7 Å². The molecule has 0 saturated carbocycles. The maximum Gasteiger partial charge on any atom is 0.250 e. The van der Waals surface area contributed by atoms with Crippen molar-refractivity contribution in [3.8, 4) is 11.1 Å². The van der Waals surface area contributed by atoms with Crippen LogP contribution < -0.4 is 16.4 Å². The van der Waals surface area contributed by atoms with E-state index >= 15 is 0 Å². The first-order valence-corrected chi connectivity index (χ1v) is 11.1. The maximum atomic E-state index is 12.3. The number of fused-ring (bicyclic) bond motifs is 1. The number of nitrogens with zero attached hydrogens (tertiary/aromatic N) is 2. The van der Waals surface area contributed by atoms with Crippen LogP contribution in [-0.4, -0.2) is 35.5 Å². The average Bonchev–Trinajstić information content (AvgIpc) is 2.84. The molecule has 1 atom stereocenters. The summed E-state index contributed by atoms with van der Waals surface area (Å²) in [6.45, 7) is 2.87. The predicted octanol–water partition coefficient (Wildman–Crippen LogP) is 4.23. The Labute approximate surface area is 188 Å². The van der Waals surface area contributed by atoms with Crippen LogP contribution in [0.3, 0.4) is 0 Å². The Morgan fingerprint density at radius 1 is 1.12 bits per heavy atom. The fourth-order valence-electron chi connectivity index (χ4n) is 4.08. The van der Waals surface area contributed by atoms with E-state index in [0.29, 0.717) is 16.9 Å². The van der Waals surface area contributed by atoms with Crippen LogP contribution in [0.4, 0.5) is 5.82 Å². The van der Waals surface area contributed by atoms with Crippen LogP contribution in [0, 0.1) is 0 Å². The third-order valence-corrected chi connectivity index (χ3v) is 5.84. The highest BCUT2D eigenvalue weighted by atomic mass is 16.1. The van der Waals surface area contributed by atoms with Crippen LogP contribution in [0.2, 0.25) is 0 Å². The van der Waals surface area contributed by atoms with Gasteiger partial charge >= 0.3 is 0 Å². The summed E-state index contributed by atoms with van der Waals surface area (Å²) in [4.78, 5) is 21.2. The first kappa shape index (κ1) is 21.7. The van der Waals surface area contributed by atoms with Crippen LogP contribution in [0.25, 0.3) is 22.0 Å². The third-order valence-electron chi connectivity index (χ3n) is 5.84.